The van der Waals surface area contributed by atoms with Crippen molar-refractivity contribution >= 4 is 23.0 Å². The van der Waals surface area contributed by atoms with Gasteiger partial charge in [0.15, 0.2) is 11.2 Å². The van der Waals surface area contributed by atoms with Crippen LogP contribution in [0.5, 0.6) is 0 Å². The van der Waals surface area contributed by atoms with E-state index in [1.165, 1.54) is 15.8 Å². The molecule has 0 radical (unpaired) electrons. The Hall–Kier alpha value is -2.18. The van der Waals surface area contributed by atoms with Crippen LogP contribution in [0, 0.1) is 0 Å². The highest BCUT2D eigenvalue weighted by Gasteiger charge is 2.27. The second kappa shape index (κ2) is 2.44. The average molecular weight is 207 g/mol. The van der Waals surface area contributed by atoms with Gasteiger partial charge in [0.25, 0.3) is 5.56 Å². The molecular formula is C8H9N5O2. The van der Waals surface area contributed by atoms with Crippen molar-refractivity contribution in [2.24, 2.45) is 0 Å². The first kappa shape index (κ1) is 8.16. The molecule has 0 unspecified atom stereocenters. The van der Waals surface area contributed by atoms with Crippen molar-refractivity contribution in [2.75, 3.05) is 11.9 Å². The number of nitrogens with zero attached hydrogens (tertiary/aromatic N) is 4. The third-order valence-corrected chi connectivity index (χ3v) is 2.49. The zero-order valence-corrected chi connectivity index (χ0v) is 7.89. The number of anilines is 1. The fraction of sp³-hybridized carbons (Fsp3) is 0.250. The van der Waals surface area contributed by atoms with E-state index >= 15 is 0 Å². The minimum atomic E-state index is -0.259. The standard InChI is InChI=1S/C8H7N5O2.H2/c1-12-4(14)2-13-7(15)5-6(10-3-9-5)11-8(12)13;/h3H,2H2,1H3,(H,9,10);1H. The molecule has 0 atom stereocenters. The molecule has 3 heterocycles. The zero-order valence-electron chi connectivity index (χ0n) is 7.89. The first-order valence-electron chi connectivity index (χ1n) is 4.39. The van der Waals surface area contributed by atoms with Crippen molar-refractivity contribution in [3.05, 3.63) is 16.7 Å². The number of imidazole rings is 1. The number of rotatable bonds is 0. The van der Waals surface area contributed by atoms with Gasteiger partial charge in [-0.05, 0) is 0 Å². The van der Waals surface area contributed by atoms with Gasteiger partial charge < -0.3 is 4.98 Å². The molecule has 0 spiro atoms. The minimum Gasteiger partial charge on any atom is -0.339 e. The Labute approximate surface area is 84.8 Å². The fourth-order valence-corrected chi connectivity index (χ4v) is 1.66. The van der Waals surface area contributed by atoms with E-state index in [0.717, 1.165) is 0 Å². The van der Waals surface area contributed by atoms with Gasteiger partial charge in [-0.3, -0.25) is 19.1 Å². The number of aromatic nitrogens is 4. The van der Waals surface area contributed by atoms with E-state index in [1.807, 2.05) is 0 Å². The van der Waals surface area contributed by atoms with Crippen molar-refractivity contribution in [1.82, 2.24) is 19.5 Å². The van der Waals surface area contributed by atoms with Crippen LogP contribution in [0.2, 0.25) is 0 Å². The molecule has 0 aliphatic carbocycles. The molecule has 0 saturated heterocycles. The molecule has 0 bridgehead atoms. The van der Waals surface area contributed by atoms with Crippen LogP contribution in [0.15, 0.2) is 11.1 Å². The van der Waals surface area contributed by atoms with Gasteiger partial charge in [-0.25, -0.2) is 4.98 Å². The van der Waals surface area contributed by atoms with E-state index in [1.54, 1.807) is 7.05 Å². The number of amides is 1. The summed E-state index contributed by atoms with van der Waals surface area (Å²) in [5, 5.41) is 0. The maximum Gasteiger partial charge on any atom is 0.281 e. The Morgan fingerprint density at radius 2 is 2.33 bits per heavy atom. The molecule has 2 aromatic rings. The van der Waals surface area contributed by atoms with Crippen molar-refractivity contribution in [3.8, 4) is 0 Å². The van der Waals surface area contributed by atoms with Gasteiger partial charge >= 0.3 is 0 Å². The number of nitrogens with one attached hydrogen (secondary N) is 1. The predicted molar refractivity (Wildman–Crippen MR) is 53.7 cm³/mol. The lowest BCUT2D eigenvalue weighted by Crippen LogP contribution is -2.21. The Bertz CT molecular complexity index is 631. The highest BCUT2D eigenvalue weighted by atomic mass is 16.2. The number of carbonyl (C=O) groups is 1. The lowest BCUT2D eigenvalue weighted by Gasteiger charge is -2.06. The number of likely N-dealkylation sites (N-methyl/N-ethyl adjacent to an activating group) is 1. The maximum atomic E-state index is 11.8. The van der Waals surface area contributed by atoms with Crippen LogP contribution in [0.4, 0.5) is 5.95 Å². The predicted octanol–water partition coefficient (Wildman–Crippen LogP) is -0.658. The van der Waals surface area contributed by atoms with Crippen LogP contribution in [-0.4, -0.2) is 32.5 Å². The molecule has 1 aliphatic heterocycles. The summed E-state index contributed by atoms with van der Waals surface area (Å²) in [7, 11) is 1.59. The van der Waals surface area contributed by atoms with E-state index < -0.39 is 0 Å². The molecule has 2 aromatic heterocycles. The molecule has 0 aromatic carbocycles. The molecule has 7 nitrogen and oxygen atoms in total. The van der Waals surface area contributed by atoms with E-state index in [9.17, 15) is 9.59 Å². The van der Waals surface area contributed by atoms with Gasteiger partial charge in [0.05, 0.1) is 6.33 Å². The third-order valence-electron chi connectivity index (χ3n) is 2.49. The molecule has 1 amide bonds. The van der Waals surface area contributed by atoms with E-state index in [-0.39, 0.29) is 19.4 Å². The topological polar surface area (TPSA) is 83.9 Å². The molecule has 0 saturated carbocycles. The summed E-state index contributed by atoms with van der Waals surface area (Å²) in [6.45, 7) is 0.0482. The van der Waals surface area contributed by atoms with Gasteiger partial charge in [0, 0.05) is 8.47 Å². The Kier molecular flexibility index (Phi) is 1.33. The summed E-state index contributed by atoms with van der Waals surface area (Å²) in [5.74, 6) is 0.205. The lowest BCUT2D eigenvalue weighted by molar-refractivity contribution is -0.117. The minimum absolute atomic E-state index is 0. The maximum absolute atomic E-state index is 11.8. The third kappa shape index (κ3) is 0.888. The van der Waals surface area contributed by atoms with Crippen molar-refractivity contribution in [2.45, 2.75) is 6.54 Å². The van der Waals surface area contributed by atoms with Crippen LogP contribution < -0.4 is 10.5 Å². The molecule has 1 aliphatic rings. The van der Waals surface area contributed by atoms with Crippen molar-refractivity contribution < 1.29 is 6.22 Å². The Morgan fingerprint density at radius 1 is 1.53 bits per heavy atom. The highest BCUT2D eigenvalue weighted by Crippen LogP contribution is 2.16. The van der Waals surface area contributed by atoms with Gasteiger partial charge in [-0.15, -0.1) is 0 Å². The summed E-state index contributed by atoms with van der Waals surface area (Å²) >= 11 is 0. The fourth-order valence-electron chi connectivity index (χ4n) is 1.66. The summed E-state index contributed by atoms with van der Waals surface area (Å²) in [5.41, 5.74) is 0.417. The molecule has 1 N–H and O–H groups in total. The average Bonchev–Trinajstić information content (AvgIpc) is 2.77. The SMILES string of the molecule is CN1C(=O)Cn2c1nc1nc[nH]c1c2=O.[HH]. The molecule has 15 heavy (non-hydrogen) atoms. The van der Waals surface area contributed by atoms with Gasteiger partial charge in [0.2, 0.25) is 11.9 Å². The van der Waals surface area contributed by atoms with E-state index in [4.69, 9.17) is 0 Å². The number of H-pyrrole nitrogens is 1. The number of fused-ring (bicyclic) bond motifs is 2. The number of aromatic amines is 1. The molecule has 0 fully saturated rings. The van der Waals surface area contributed by atoms with Crippen LogP contribution >= 0.6 is 0 Å². The van der Waals surface area contributed by atoms with Crippen LogP contribution in [0.1, 0.15) is 1.43 Å². The smallest absolute Gasteiger partial charge is 0.281 e. The normalized spacial score (nSPS) is 15.0. The van der Waals surface area contributed by atoms with Crippen LogP contribution in [0.25, 0.3) is 11.2 Å². The summed E-state index contributed by atoms with van der Waals surface area (Å²) in [6.07, 6.45) is 1.41. The first-order chi connectivity index (χ1) is 7.18. The van der Waals surface area contributed by atoms with Gasteiger partial charge in [0.1, 0.15) is 6.54 Å². The molecule has 7 heteroatoms. The number of hydrogen-bond acceptors (Lipinski definition) is 4. The van der Waals surface area contributed by atoms with E-state index in [2.05, 4.69) is 15.0 Å². The quantitative estimate of drug-likeness (QED) is 0.621. The lowest BCUT2D eigenvalue weighted by atomic mass is 10.5. The largest absolute Gasteiger partial charge is 0.339 e. The second-order valence-corrected chi connectivity index (χ2v) is 3.36. The highest BCUT2D eigenvalue weighted by molar-refractivity contribution is 5.95. The summed E-state index contributed by atoms with van der Waals surface area (Å²) in [4.78, 5) is 35.3. The molecule has 78 valence electrons. The van der Waals surface area contributed by atoms with Crippen molar-refractivity contribution in [3.63, 3.8) is 0 Å². The van der Waals surface area contributed by atoms with Crippen LogP contribution in [-0.2, 0) is 11.3 Å². The van der Waals surface area contributed by atoms with E-state index in [0.29, 0.717) is 17.1 Å². The second-order valence-electron chi connectivity index (χ2n) is 3.36. The summed E-state index contributed by atoms with van der Waals surface area (Å²) < 4.78 is 1.34. The van der Waals surface area contributed by atoms with Crippen LogP contribution in [0.3, 0.4) is 0 Å². The summed E-state index contributed by atoms with van der Waals surface area (Å²) in [6, 6.07) is 0. The Balaban J connectivity index is 0.000000963. The molecular weight excluding hydrogens is 198 g/mol. The first-order valence-corrected chi connectivity index (χ1v) is 4.39. The Morgan fingerprint density at radius 3 is 3.13 bits per heavy atom. The monoisotopic (exact) mass is 207 g/mol. The van der Waals surface area contributed by atoms with Gasteiger partial charge in [-0.1, -0.05) is 0 Å². The van der Waals surface area contributed by atoms with Crippen molar-refractivity contribution in [1.29, 1.82) is 0 Å². The molecule has 3 rings (SSSR count). The number of hydrogen-bond donors (Lipinski definition) is 1. The van der Waals surface area contributed by atoms with Gasteiger partial charge in [-0.2, -0.15) is 4.98 Å². The zero-order chi connectivity index (χ0) is 10.6. The number of carbonyl (C=O) groups excluding carboxylic acids is 1.